The van der Waals surface area contributed by atoms with Gasteiger partial charge in [-0.05, 0) is 56.3 Å². The highest BCUT2D eigenvalue weighted by atomic mass is 32.2. The van der Waals surface area contributed by atoms with Crippen molar-refractivity contribution in [2.24, 2.45) is 0 Å². The number of aromatic carboxylic acids is 1. The van der Waals surface area contributed by atoms with Crippen LogP contribution in [0.5, 0.6) is 0 Å². The molecule has 0 aliphatic rings. The summed E-state index contributed by atoms with van der Waals surface area (Å²) >= 11 is 1.28. The molecular formula is C19H18O6S. The lowest BCUT2D eigenvalue weighted by Gasteiger charge is -2.11. The molecule has 7 heteroatoms. The standard InChI is InChI=1S/C19H18O6S/c1-3-24-18(22)13-7-10-16(15(11-13)19(23)25-4-2)26-14-8-5-12(6-9-14)17(20)21/h5-11H,3-4H2,1-2H3,(H,20,21). The number of esters is 2. The molecule has 0 radical (unpaired) electrons. The van der Waals surface area contributed by atoms with Crippen LogP contribution in [0.3, 0.4) is 0 Å². The van der Waals surface area contributed by atoms with Gasteiger partial charge in [0.2, 0.25) is 0 Å². The van der Waals surface area contributed by atoms with Gasteiger partial charge in [-0.25, -0.2) is 14.4 Å². The first-order valence-corrected chi connectivity index (χ1v) is 8.77. The number of carbonyl (C=O) groups is 3. The van der Waals surface area contributed by atoms with Crippen LogP contribution in [-0.2, 0) is 9.47 Å². The van der Waals surface area contributed by atoms with Gasteiger partial charge in [0, 0.05) is 9.79 Å². The fraction of sp³-hybridized carbons (Fsp3) is 0.211. The summed E-state index contributed by atoms with van der Waals surface area (Å²) in [4.78, 5) is 36.5. The summed E-state index contributed by atoms with van der Waals surface area (Å²) < 4.78 is 10.0. The second-order valence-corrected chi connectivity index (χ2v) is 6.20. The van der Waals surface area contributed by atoms with Gasteiger partial charge in [0.25, 0.3) is 0 Å². The van der Waals surface area contributed by atoms with Gasteiger partial charge >= 0.3 is 17.9 Å². The molecule has 0 aliphatic carbocycles. The Morgan fingerprint density at radius 1 is 0.885 bits per heavy atom. The van der Waals surface area contributed by atoms with Crippen molar-refractivity contribution >= 4 is 29.7 Å². The average molecular weight is 374 g/mol. The predicted molar refractivity (Wildman–Crippen MR) is 95.9 cm³/mol. The first-order chi connectivity index (χ1) is 12.5. The van der Waals surface area contributed by atoms with Crippen LogP contribution in [0.4, 0.5) is 0 Å². The van der Waals surface area contributed by atoms with Gasteiger partial charge in [0.05, 0.1) is 29.9 Å². The predicted octanol–water partition coefficient (Wildman–Crippen LogP) is 3.89. The van der Waals surface area contributed by atoms with Crippen LogP contribution in [0.25, 0.3) is 0 Å². The minimum atomic E-state index is -1.01. The average Bonchev–Trinajstić information content (AvgIpc) is 2.62. The normalized spacial score (nSPS) is 10.2. The van der Waals surface area contributed by atoms with Crippen molar-refractivity contribution in [3.63, 3.8) is 0 Å². The Morgan fingerprint density at radius 3 is 2.04 bits per heavy atom. The Balaban J connectivity index is 2.34. The van der Waals surface area contributed by atoms with Crippen LogP contribution >= 0.6 is 11.8 Å². The fourth-order valence-electron chi connectivity index (χ4n) is 2.12. The van der Waals surface area contributed by atoms with E-state index >= 15 is 0 Å². The Bertz CT molecular complexity index is 813. The van der Waals surface area contributed by atoms with Crippen molar-refractivity contribution in [3.8, 4) is 0 Å². The Morgan fingerprint density at radius 2 is 1.46 bits per heavy atom. The number of carboxylic acids is 1. The molecule has 0 amide bonds. The lowest BCUT2D eigenvalue weighted by atomic mass is 10.1. The number of benzene rings is 2. The van der Waals surface area contributed by atoms with Gasteiger partial charge in [0.15, 0.2) is 0 Å². The summed E-state index contributed by atoms with van der Waals surface area (Å²) in [5, 5.41) is 8.96. The molecule has 1 N–H and O–H groups in total. The molecule has 0 unspecified atom stereocenters. The van der Waals surface area contributed by atoms with E-state index in [1.165, 1.54) is 30.0 Å². The zero-order valence-electron chi connectivity index (χ0n) is 14.4. The molecule has 0 bridgehead atoms. The van der Waals surface area contributed by atoms with Gasteiger partial charge in [-0.1, -0.05) is 11.8 Å². The van der Waals surface area contributed by atoms with Gasteiger partial charge in [-0.15, -0.1) is 0 Å². The third-order valence-corrected chi connectivity index (χ3v) is 4.40. The van der Waals surface area contributed by atoms with Crippen LogP contribution in [0.1, 0.15) is 44.9 Å². The Labute approximate surface area is 155 Å². The molecule has 2 rings (SSSR count). The third kappa shape index (κ3) is 4.86. The van der Waals surface area contributed by atoms with Crippen molar-refractivity contribution in [2.75, 3.05) is 13.2 Å². The topological polar surface area (TPSA) is 89.9 Å². The van der Waals surface area contributed by atoms with Gasteiger partial charge in [-0.2, -0.15) is 0 Å². The SMILES string of the molecule is CCOC(=O)c1ccc(Sc2ccc(C(=O)O)cc2)c(C(=O)OCC)c1. The monoisotopic (exact) mass is 374 g/mol. The van der Waals surface area contributed by atoms with E-state index in [1.54, 1.807) is 38.1 Å². The van der Waals surface area contributed by atoms with E-state index in [4.69, 9.17) is 14.6 Å². The molecule has 0 atom stereocenters. The largest absolute Gasteiger partial charge is 0.478 e. The number of carboxylic acid groups (broad SMARTS) is 1. The first-order valence-electron chi connectivity index (χ1n) is 7.95. The maximum atomic E-state index is 12.3. The van der Waals surface area contributed by atoms with E-state index in [-0.39, 0.29) is 29.9 Å². The van der Waals surface area contributed by atoms with Crippen LogP contribution in [-0.4, -0.2) is 36.2 Å². The smallest absolute Gasteiger partial charge is 0.339 e. The minimum absolute atomic E-state index is 0.178. The number of hydrogen-bond donors (Lipinski definition) is 1. The second-order valence-electron chi connectivity index (χ2n) is 5.08. The third-order valence-electron chi connectivity index (χ3n) is 3.32. The molecule has 0 aromatic heterocycles. The van der Waals surface area contributed by atoms with Crippen molar-refractivity contribution in [2.45, 2.75) is 23.6 Å². The van der Waals surface area contributed by atoms with E-state index in [1.807, 2.05) is 0 Å². The summed E-state index contributed by atoms with van der Waals surface area (Å²) in [5.41, 5.74) is 0.697. The molecular weight excluding hydrogens is 356 g/mol. The zero-order chi connectivity index (χ0) is 19.1. The van der Waals surface area contributed by atoms with Crippen LogP contribution in [0, 0.1) is 0 Å². The fourth-order valence-corrected chi connectivity index (χ4v) is 3.04. The molecule has 136 valence electrons. The number of hydrogen-bond acceptors (Lipinski definition) is 6. The quantitative estimate of drug-likeness (QED) is 0.735. The van der Waals surface area contributed by atoms with E-state index in [0.29, 0.717) is 4.90 Å². The maximum absolute atomic E-state index is 12.3. The van der Waals surface area contributed by atoms with E-state index in [0.717, 1.165) is 4.90 Å². The van der Waals surface area contributed by atoms with Gasteiger partial charge in [-0.3, -0.25) is 0 Å². The van der Waals surface area contributed by atoms with Gasteiger partial charge in [0.1, 0.15) is 0 Å². The van der Waals surface area contributed by atoms with E-state index in [9.17, 15) is 14.4 Å². The highest BCUT2D eigenvalue weighted by molar-refractivity contribution is 7.99. The number of ether oxygens (including phenoxy) is 2. The maximum Gasteiger partial charge on any atom is 0.339 e. The lowest BCUT2D eigenvalue weighted by molar-refractivity contribution is 0.0520. The lowest BCUT2D eigenvalue weighted by Crippen LogP contribution is -2.10. The highest BCUT2D eigenvalue weighted by Gasteiger charge is 2.18. The molecule has 6 nitrogen and oxygen atoms in total. The summed E-state index contributed by atoms with van der Waals surface area (Å²) in [6.07, 6.45) is 0. The molecule has 0 spiro atoms. The van der Waals surface area contributed by atoms with Gasteiger partial charge < -0.3 is 14.6 Å². The molecule has 2 aromatic rings. The van der Waals surface area contributed by atoms with Crippen molar-refractivity contribution in [1.29, 1.82) is 0 Å². The Hall–Kier alpha value is -2.80. The first kappa shape index (κ1) is 19.5. The van der Waals surface area contributed by atoms with Crippen molar-refractivity contribution < 1.29 is 29.0 Å². The molecule has 26 heavy (non-hydrogen) atoms. The zero-order valence-corrected chi connectivity index (χ0v) is 15.2. The van der Waals surface area contributed by atoms with Crippen molar-refractivity contribution in [1.82, 2.24) is 0 Å². The molecule has 0 saturated heterocycles. The van der Waals surface area contributed by atoms with E-state index < -0.39 is 17.9 Å². The molecule has 0 saturated carbocycles. The number of rotatable bonds is 7. The molecule has 0 fully saturated rings. The molecule has 2 aromatic carbocycles. The minimum Gasteiger partial charge on any atom is -0.478 e. The summed E-state index contributed by atoms with van der Waals surface area (Å²) in [5.74, 6) is -2.06. The van der Waals surface area contributed by atoms with Crippen molar-refractivity contribution in [3.05, 3.63) is 59.2 Å². The second kappa shape index (κ2) is 9.05. The highest BCUT2D eigenvalue weighted by Crippen LogP contribution is 2.32. The molecule has 0 heterocycles. The molecule has 0 aliphatic heterocycles. The van der Waals surface area contributed by atoms with E-state index in [2.05, 4.69) is 0 Å². The van der Waals surface area contributed by atoms with Crippen LogP contribution in [0.15, 0.2) is 52.3 Å². The van der Waals surface area contributed by atoms with Crippen LogP contribution in [0.2, 0.25) is 0 Å². The summed E-state index contributed by atoms with van der Waals surface area (Å²) in [7, 11) is 0. The van der Waals surface area contributed by atoms with Crippen LogP contribution < -0.4 is 0 Å². The number of carbonyl (C=O) groups excluding carboxylic acids is 2. The summed E-state index contributed by atoms with van der Waals surface area (Å²) in [6.45, 7) is 3.85. The Kier molecular flexibility index (Phi) is 6.80. The summed E-state index contributed by atoms with van der Waals surface area (Å²) in [6, 6.07) is 11.0.